The van der Waals surface area contributed by atoms with Gasteiger partial charge in [-0.3, -0.25) is 0 Å². The lowest BCUT2D eigenvalue weighted by Gasteiger charge is -2.37. The van der Waals surface area contributed by atoms with E-state index >= 15 is 0 Å². The molecule has 118 valence electrons. The molecule has 1 aliphatic rings. The maximum absolute atomic E-state index is 3.74. The molecule has 0 aromatic heterocycles. The maximum atomic E-state index is 3.74. The molecule has 4 atom stereocenters. The molecule has 2 rings (SSSR count). The van der Waals surface area contributed by atoms with Gasteiger partial charge in [0.1, 0.15) is 0 Å². The minimum atomic E-state index is 0.651. The zero-order chi connectivity index (χ0) is 15.2. The topological polar surface area (TPSA) is 12.0 Å². The summed E-state index contributed by atoms with van der Waals surface area (Å²) in [5, 5.41) is 3.74. The highest BCUT2D eigenvalue weighted by atomic mass is 79.9. The summed E-state index contributed by atoms with van der Waals surface area (Å²) < 4.78 is 1.16. The van der Waals surface area contributed by atoms with E-state index < -0.39 is 0 Å². The second kappa shape index (κ2) is 8.59. The predicted molar refractivity (Wildman–Crippen MR) is 98.0 cm³/mol. The Bertz CT molecular complexity index is 420. The van der Waals surface area contributed by atoms with Gasteiger partial charge in [0.05, 0.1) is 0 Å². The molecule has 0 saturated heterocycles. The van der Waals surface area contributed by atoms with Gasteiger partial charge in [0.15, 0.2) is 0 Å². The van der Waals surface area contributed by atoms with Crippen molar-refractivity contribution in [1.82, 2.24) is 5.32 Å². The minimum absolute atomic E-state index is 0.651. The average molecular weight is 370 g/mol. The van der Waals surface area contributed by atoms with E-state index in [0.717, 1.165) is 28.8 Å². The van der Waals surface area contributed by atoms with Crippen molar-refractivity contribution >= 4 is 27.7 Å². The van der Waals surface area contributed by atoms with Gasteiger partial charge in [0, 0.05) is 21.2 Å². The third-order valence-electron chi connectivity index (χ3n) is 4.92. The first-order chi connectivity index (χ1) is 10.1. The second-order valence-electron chi connectivity index (χ2n) is 6.46. The number of rotatable bonds is 6. The van der Waals surface area contributed by atoms with E-state index in [1.165, 1.54) is 29.9 Å². The number of hydrogen-bond donors (Lipinski definition) is 1. The number of nitrogens with one attached hydrogen (secondary N) is 1. The van der Waals surface area contributed by atoms with Gasteiger partial charge in [-0.15, -0.1) is 11.8 Å². The number of thioether (sulfide) groups is 1. The Morgan fingerprint density at radius 3 is 2.52 bits per heavy atom. The Hall–Kier alpha value is 0.01000. The quantitative estimate of drug-likeness (QED) is 0.655. The summed E-state index contributed by atoms with van der Waals surface area (Å²) in [6.45, 7) is 8.15. The van der Waals surface area contributed by atoms with Crippen LogP contribution in [0.15, 0.2) is 33.6 Å². The van der Waals surface area contributed by atoms with Gasteiger partial charge in [-0.2, -0.15) is 0 Å². The molecule has 0 radical (unpaired) electrons. The van der Waals surface area contributed by atoms with Crippen LogP contribution < -0.4 is 5.32 Å². The van der Waals surface area contributed by atoms with Crippen molar-refractivity contribution in [3.05, 3.63) is 28.7 Å². The Kier molecular flexibility index (Phi) is 7.11. The highest BCUT2D eigenvalue weighted by Gasteiger charge is 2.29. The normalized spacial score (nSPS) is 27.5. The fraction of sp³-hybridized carbons (Fsp3) is 0.667. The Labute approximate surface area is 142 Å². The SMILES string of the molecule is CCNC(CSc1ccc(Br)cc1)C1CCC(C)C(C)C1. The van der Waals surface area contributed by atoms with Gasteiger partial charge in [-0.25, -0.2) is 0 Å². The molecule has 0 amide bonds. The van der Waals surface area contributed by atoms with Crippen LogP contribution in [0.4, 0.5) is 0 Å². The lowest BCUT2D eigenvalue weighted by atomic mass is 9.73. The summed E-state index contributed by atoms with van der Waals surface area (Å²) in [6, 6.07) is 9.34. The van der Waals surface area contributed by atoms with Crippen LogP contribution in [0, 0.1) is 17.8 Å². The van der Waals surface area contributed by atoms with Crippen LogP contribution in [0.25, 0.3) is 0 Å². The summed E-state index contributed by atoms with van der Waals surface area (Å²) in [6.07, 6.45) is 4.18. The van der Waals surface area contributed by atoms with Crippen molar-refractivity contribution in [3.8, 4) is 0 Å². The molecule has 1 aromatic rings. The summed E-state index contributed by atoms with van der Waals surface area (Å²) in [5.74, 6) is 3.81. The number of hydrogen-bond acceptors (Lipinski definition) is 2. The summed E-state index contributed by atoms with van der Waals surface area (Å²) in [7, 11) is 0. The molecule has 0 spiro atoms. The van der Waals surface area contributed by atoms with Crippen LogP contribution in [-0.2, 0) is 0 Å². The van der Waals surface area contributed by atoms with E-state index in [9.17, 15) is 0 Å². The monoisotopic (exact) mass is 369 g/mol. The van der Waals surface area contributed by atoms with E-state index in [4.69, 9.17) is 0 Å². The van der Waals surface area contributed by atoms with Gasteiger partial charge < -0.3 is 5.32 Å². The molecule has 0 aliphatic heterocycles. The van der Waals surface area contributed by atoms with Gasteiger partial charge in [0.2, 0.25) is 0 Å². The van der Waals surface area contributed by atoms with Crippen molar-refractivity contribution < 1.29 is 0 Å². The predicted octanol–water partition coefficient (Wildman–Crippen LogP) is 5.59. The molecule has 0 bridgehead atoms. The zero-order valence-electron chi connectivity index (χ0n) is 13.4. The van der Waals surface area contributed by atoms with Gasteiger partial charge in [0.25, 0.3) is 0 Å². The highest BCUT2D eigenvalue weighted by Crippen LogP contribution is 2.36. The third-order valence-corrected chi connectivity index (χ3v) is 6.58. The van der Waals surface area contributed by atoms with Crippen molar-refractivity contribution in [2.24, 2.45) is 17.8 Å². The first-order valence-electron chi connectivity index (χ1n) is 8.22. The molecule has 1 N–H and O–H groups in total. The molecule has 21 heavy (non-hydrogen) atoms. The molecule has 3 heteroatoms. The fourth-order valence-corrected chi connectivity index (χ4v) is 4.65. The zero-order valence-corrected chi connectivity index (χ0v) is 15.8. The molecule has 1 aromatic carbocycles. The van der Waals surface area contributed by atoms with Gasteiger partial charge in [-0.05, 0) is 61.4 Å². The molecule has 0 heterocycles. The van der Waals surface area contributed by atoms with E-state index in [2.05, 4.69) is 66.3 Å². The molecular formula is C18H28BrNS. The first-order valence-corrected chi connectivity index (χ1v) is 9.99. The van der Waals surface area contributed by atoms with E-state index in [1.54, 1.807) is 0 Å². The summed E-state index contributed by atoms with van der Waals surface area (Å²) in [5.41, 5.74) is 0. The van der Waals surface area contributed by atoms with Crippen LogP contribution in [0.2, 0.25) is 0 Å². The molecule has 4 unspecified atom stereocenters. The van der Waals surface area contributed by atoms with Gasteiger partial charge >= 0.3 is 0 Å². The van der Waals surface area contributed by atoms with Crippen LogP contribution in [0.3, 0.4) is 0 Å². The first kappa shape index (κ1) is 17.4. The smallest absolute Gasteiger partial charge is 0.0189 e. The Balaban J connectivity index is 1.91. The Morgan fingerprint density at radius 2 is 1.90 bits per heavy atom. The second-order valence-corrected chi connectivity index (χ2v) is 8.47. The average Bonchev–Trinajstić information content (AvgIpc) is 2.48. The lowest BCUT2D eigenvalue weighted by Crippen LogP contribution is -2.41. The highest BCUT2D eigenvalue weighted by molar-refractivity contribution is 9.10. The van der Waals surface area contributed by atoms with Gasteiger partial charge in [-0.1, -0.05) is 43.1 Å². The Morgan fingerprint density at radius 1 is 1.19 bits per heavy atom. The van der Waals surface area contributed by atoms with Crippen LogP contribution in [-0.4, -0.2) is 18.3 Å². The van der Waals surface area contributed by atoms with Crippen molar-refractivity contribution in [1.29, 1.82) is 0 Å². The van der Waals surface area contributed by atoms with Crippen molar-refractivity contribution in [2.45, 2.75) is 51.0 Å². The van der Waals surface area contributed by atoms with E-state index in [1.807, 2.05) is 11.8 Å². The van der Waals surface area contributed by atoms with Crippen LogP contribution in [0.5, 0.6) is 0 Å². The standard InChI is InChI=1S/C18H28BrNS/c1-4-20-18(15-6-5-13(2)14(3)11-15)12-21-17-9-7-16(19)8-10-17/h7-10,13-15,18,20H,4-6,11-12H2,1-3H3. The molecule has 1 saturated carbocycles. The minimum Gasteiger partial charge on any atom is -0.313 e. The summed E-state index contributed by atoms with van der Waals surface area (Å²) in [4.78, 5) is 1.37. The maximum Gasteiger partial charge on any atom is 0.0189 e. The van der Waals surface area contributed by atoms with E-state index in [-0.39, 0.29) is 0 Å². The number of halogens is 1. The molecular weight excluding hydrogens is 342 g/mol. The molecule has 1 nitrogen and oxygen atoms in total. The number of benzene rings is 1. The van der Waals surface area contributed by atoms with Crippen molar-refractivity contribution in [3.63, 3.8) is 0 Å². The van der Waals surface area contributed by atoms with Crippen molar-refractivity contribution in [2.75, 3.05) is 12.3 Å². The third kappa shape index (κ3) is 5.30. The van der Waals surface area contributed by atoms with Crippen LogP contribution >= 0.6 is 27.7 Å². The van der Waals surface area contributed by atoms with Crippen LogP contribution in [0.1, 0.15) is 40.0 Å². The molecule has 1 fully saturated rings. The fourth-order valence-electron chi connectivity index (χ4n) is 3.30. The molecule has 1 aliphatic carbocycles. The largest absolute Gasteiger partial charge is 0.313 e. The lowest BCUT2D eigenvalue weighted by molar-refractivity contribution is 0.179. The van der Waals surface area contributed by atoms with E-state index in [0.29, 0.717) is 6.04 Å². The summed E-state index contributed by atoms with van der Waals surface area (Å²) >= 11 is 5.49.